The van der Waals surface area contributed by atoms with Crippen LogP contribution in [0.25, 0.3) is 21.0 Å². The highest BCUT2D eigenvalue weighted by Gasteiger charge is 2.25. The number of nitrogens with zero attached hydrogens (tertiary/aromatic N) is 4. The summed E-state index contributed by atoms with van der Waals surface area (Å²) in [5, 5.41) is 19.5. The van der Waals surface area contributed by atoms with Crippen LogP contribution in [-0.4, -0.2) is 23.0 Å². The Morgan fingerprint density at radius 1 is 1.10 bits per heavy atom. The molecule has 1 aliphatic carbocycles. The Morgan fingerprint density at radius 2 is 2.03 bits per heavy atom. The molecule has 2 aromatic heterocycles. The summed E-state index contributed by atoms with van der Waals surface area (Å²) in [6.07, 6.45) is 3.01. The molecule has 0 atom stereocenters. The molecular formula is C24H19N5OS. The molecule has 1 saturated carbocycles. The number of benzene rings is 2. The van der Waals surface area contributed by atoms with E-state index in [0.717, 1.165) is 44.6 Å². The normalized spacial score (nSPS) is 15.5. The SMILES string of the molecule is O=C(CC1CC1)c1cccc(Nc2nc3cc(C4=NN=NC4)ccc3c3sccc23)c1. The van der Waals surface area contributed by atoms with E-state index in [9.17, 15) is 4.79 Å². The number of thiophene rings is 1. The first-order valence-electron chi connectivity index (χ1n) is 10.4. The highest BCUT2D eigenvalue weighted by Crippen LogP contribution is 2.36. The van der Waals surface area contributed by atoms with E-state index in [-0.39, 0.29) is 5.78 Å². The number of aromatic nitrogens is 1. The number of hydrogen-bond acceptors (Lipinski definition) is 7. The summed E-state index contributed by atoms with van der Waals surface area (Å²) in [4.78, 5) is 17.5. The molecule has 2 aliphatic rings. The number of carbonyl (C=O) groups excluding carboxylic acids is 1. The molecule has 31 heavy (non-hydrogen) atoms. The Hall–Kier alpha value is -3.45. The molecule has 3 heterocycles. The summed E-state index contributed by atoms with van der Waals surface area (Å²) in [6.45, 7) is 0.500. The van der Waals surface area contributed by atoms with E-state index < -0.39 is 0 Å². The Balaban J connectivity index is 1.38. The molecule has 0 saturated heterocycles. The van der Waals surface area contributed by atoms with Crippen molar-refractivity contribution in [2.45, 2.75) is 19.3 Å². The van der Waals surface area contributed by atoms with Crippen molar-refractivity contribution in [3.63, 3.8) is 0 Å². The van der Waals surface area contributed by atoms with E-state index in [2.05, 4.69) is 44.3 Å². The molecular weight excluding hydrogens is 406 g/mol. The standard InChI is InChI=1S/C24H19N5OS/c30-22(10-14-4-5-14)16-2-1-3-17(11-16)26-24-19-8-9-31-23(19)18-7-6-15(12-20(18)27-24)21-13-25-29-28-21/h1-3,6-9,11-12,14H,4-5,10,13H2,(H,26,27). The molecule has 6 rings (SSSR count). The minimum absolute atomic E-state index is 0.219. The van der Waals surface area contributed by atoms with Crippen molar-refractivity contribution in [1.29, 1.82) is 0 Å². The summed E-state index contributed by atoms with van der Waals surface area (Å²) in [6, 6.07) is 16.0. The first-order chi connectivity index (χ1) is 15.2. The molecule has 1 aliphatic heterocycles. The van der Waals surface area contributed by atoms with Gasteiger partial charge in [0.25, 0.3) is 0 Å². The van der Waals surface area contributed by atoms with Crippen LogP contribution in [-0.2, 0) is 0 Å². The molecule has 0 radical (unpaired) electrons. The fraction of sp³-hybridized carbons (Fsp3) is 0.208. The van der Waals surface area contributed by atoms with Gasteiger partial charge in [-0.1, -0.05) is 24.3 Å². The van der Waals surface area contributed by atoms with Gasteiger partial charge >= 0.3 is 0 Å². The van der Waals surface area contributed by atoms with Crippen molar-refractivity contribution < 1.29 is 4.79 Å². The highest BCUT2D eigenvalue weighted by atomic mass is 32.1. The highest BCUT2D eigenvalue weighted by molar-refractivity contribution is 7.18. The van der Waals surface area contributed by atoms with Crippen LogP contribution in [0.15, 0.2) is 69.3 Å². The van der Waals surface area contributed by atoms with Crippen molar-refractivity contribution in [3.8, 4) is 0 Å². The van der Waals surface area contributed by atoms with Crippen LogP contribution in [0.5, 0.6) is 0 Å². The Labute approximate surface area is 182 Å². The maximum absolute atomic E-state index is 12.5. The lowest BCUT2D eigenvalue weighted by Crippen LogP contribution is -2.03. The maximum Gasteiger partial charge on any atom is 0.163 e. The van der Waals surface area contributed by atoms with Crippen LogP contribution in [0.4, 0.5) is 11.5 Å². The van der Waals surface area contributed by atoms with E-state index in [0.29, 0.717) is 18.9 Å². The fourth-order valence-electron chi connectivity index (χ4n) is 3.95. The van der Waals surface area contributed by atoms with E-state index in [4.69, 9.17) is 4.98 Å². The third-order valence-corrected chi connectivity index (χ3v) is 6.74. The second kappa shape index (κ2) is 7.35. The van der Waals surface area contributed by atoms with E-state index in [1.165, 1.54) is 17.5 Å². The average Bonchev–Trinajstić information content (AvgIpc) is 3.24. The zero-order valence-electron chi connectivity index (χ0n) is 16.7. The number of Topliss-reactive ketones (excluding diaryl/α,β-unsaturated/α-hetero) is 1. The van der Waals surface area contributed by atoms with Gasteiger partial charge in [-0.25, -0.2) is 4.98 Å². The van der Waals surface area contributed by atoms with Crippen LogP contribution < -0.4 is 5.32 Å². The third kappa shape index (κ3) is 3.51. The number of anilines is 2. The van der Waals surface area contributed by atoms with Crippen molar-refractivity contribution >= 4 is 55.3 Å². The van der Waals surface area contributed by atoms with Crippen molar-refractivity contribution in [2.24, 2.45) is 21.4 Å². The third-order valence-electron chi connectivity index (χ3n) is 5.80. The van der Waals surface area contributed by atoms with Gasteiger partial charge in [0.15, 0.2) is 5.78 Å². The Morgan fingerprint density at radius 3 is 2.87 bits per heavy atom. The van der Waals surface area contributed by atoms with Crippen LogP contribution >= 0.6 is 11.3 Å². The number of pyridine rings is 1. The first-order valence-corrected chi connectivity index (χ1v) is 11.3. The molecule has 7 heteroatoms. The lowest BCUT2D eigenvalue weighted by Gasteiger charge is -2.11. The van der Waals surface area contributed by atoms with Crippen molar-refractivity contribution in [3.05, 3.63) is 65.0 Å². The second-order valence-electron chi connectivity index (χ2n) is 8.07. The number of nitrogens with one attached hydrogen (secondary N) is 1. The quantitative estimate of drug-likeness (QED) is 0.366. The average molecular weight is 426 g/mol. The minimum atomic E-state index is 0.219. The zero-order chi connectivity index (χ0) is 20.8. The molecule has 0 unspecified atom stereocenters. The summed E-state index contributed by atoms with van der Waals surface area (Å²) < 4.78 is 1.18. The van der Waals surface area contributed by atoms with Crippen LogP contribution in [0.3, 0.4) is 0 Å². The summed E-state index contributed by atoms with van der Waals surface area (Å²) in [7, 11) is 0. The van der Waals surface area contributed by atoms with Crippen molar-refractivity contribution in [2.75, 3.05) is 11.9 Å². The smallest absolute Gasteiger partial charge is 0.163 e. The van der Waals surface area contributed by atoms with E-state index >= 15 is 0 Å². The largest absolute Gasteiger partial charge is 0.340 e. The number of hydrogen-bond donors (Lipinski definition) is 1. The molecule has 1 N–H and O–H groups in total. The van der Waals surface area contributed by atoms with Gasteiger partial charge in [-0.15, -0.1) is 16.4 Å². The lowest BCUT2D eigenvalue weighted by molar-refractivity contribution is 0.0976. The molecule has 1 fully saturated rings. The summed E-state index contributed by atoms with van der Waals surface area (Å²) in [5.74, 6) is 1.59. The maximum atomic E-state index is 12.5. The van der Waals surface area contributed by atoms with Gasteiger partial charge in [0.2, 0.25) is 0 Å². The minimum Gasteiger partial charge on any atom is -0.340 e. The van der Waals surface area contributed by atoms with Gasteiger partial charge in [0.05, 0.1) is 11.2 Å². The van der Waals surface area contributed by atoms with E-state index in [1.807, 2.05) is 30.3 Å². The topological polar surface area (TPSA) is 79.1 Å². The van der Waals surface area contributed by atoms with Gasteiger partial charge in [-0.05, 0) is 53.6 Å². The van der Waals surface area contributed by atoms with Crippen LogP contribution in [0, 0.1) is 5.92 Å². The molecule has 0 bridgehead atoms. The predicted molar refractivity (Wildman–Crippen MR) is 125 cm³/mol. The van der Waals surface area contributed by atoms with Crippen molar-refractivity contribution in [1.82, 2.24) is 4.98 Å². The number of ketones is 1. The first kappa shape index (κ1) is 18.3. The van der Waals surface area contributed by atoms with E-state index in [1.54, 1.807) is 11.3 Å². The molecule has 152 valence electrons. The molecule has 2 aromatic carbocycles. The van der Waals surface area contributed by atoms with Gasteiger partial charge in [0.1, 0.15) is 12.4 Å². The molecule has 0 amide bonds. The zero-order valence-corrected chi connectivity index (χ0v) is 17.5. The van der Waals surface area contributed by atoms with Crippen LogP contribution in [0.1, 0.15) is 35.2 Å². The van der Waals surface area contributed by atoms with Crippen LogP contribution in [0.2, 0.25) is 0 Å². The fourth-order valence-corrected chi connectivity index (χ4v) is 4.88. The number of fused-ring (bicyclic) bond motifs is 3. The summed E-state index contributed by atoms with van der Waals surface area (Å²) >= 11 is 1.70. The van der Waals surface area contributed by atoms with Gasteiger partial charge in [-0.2, -0.15) is 5.11 Å². The molecule has 6 nitrogen and oxygen atoms in total. The molecule has 0 spiro atoms. The molecule has 4 aromatic rings. The van der Waals surface area contributed by atoms with Gasteiger partial charge in [-0.3, -0.25) is 4.79 Å². The lowest BCUT2D eigenvalue weighted by atomic mass is 10.0. The Kier molecular flexibility index (Phi) is 4.35. The predicted octanol–water partition coefficient (Wildman–Crippen LogP) is 6.35. The Bertz CT molecular complexity index is 1400. The second-order valence-corrected chi connectivity index (χ2v) is 8.98. The summed E-state index contributed by atoms with van der Waals surface area (Å²) in [5.41, 5.74) is 4.36. The monoisotopic (exact) mass is 425 g/mol. The number of rotatable bonds is 6. The van der Waals surface area contributed by atoms with Gasteiger partial charge < -0.3 is 5.32 Å². The number of carbonyl (C=O) groups is 1. The van der Waals surface area contributed by atoms with Gasteiger partial charge in [0, 0.05) is 38.7 Å².